The highest BCUT2D eigenvalue weighted by Gasteiger charge is 2.30. The Morgan fingerprint density at radius 3 is 1.96 bits per heavy atom. The number of aromatic hydroxyl groups is 2. The summed E-state index contributed by atoms with van der Waals surface area (Å²) in [6, 6.07) is 11.4. The molecule has 5 rings (SSSR count). The maximum atomic E-state index is 13.4. The first kappa shape index (κ1) is 41.5. The molecular formula is C39H42F3N7O5S2. The van der Waals surface area contributed by atoms with Gasteiger partial charge in [-0.15, -0.1) is 0 Å². The van der Waals surface area contributed by atoms with Gasteiger partial charge in [0.2, 0.25) is 5.91 Å². The number of thiazole rings is 2. The number of aromatic nitrogens is 2. The van der Waals surface area contributed by atoms with Crippen molar-refractivity contribution in [3.8, 4) is 11.5 Å². The molecule has 0 bridgehead atoms. The predicted octanol–water partition coefficient (Wildman–Crippen LogP) is 7.92. The van der Waals surface area contributed by atoms with Gasteiger partial charge in [0, 0.05) is 37.2 Å². The third-order valence-corrected chi connectivity index (χ3v) is 10.8. The Bertz CT molecular complexity index is 2170. The molecule has 0 aliphatic heterocycles. The highest BCUT2D eigenvalue weighted by atomic mass is 32.1. The number of nitrogens with zero attached hydrogens (tertiary/aromatic N) is 2. The quantitative estimate of drug-likeness (QED) is 0.0460. The molecule has 17 heteroatoms. The van der Waals surface area contributed by atoms with Crippen molar-refractivity contribution in [1.82, 2.24) is 15.3 Å². The Hall–Kier alpha value is -5.68. The standard InChI is InChI=1S/C39H42F3N7O5S2/c1-4-32(52)43-17-5-18-44-37-46-21-31(55-37)36(54)49-34-23(3)28(50)15-10-25(34)9-13-27-29(51)14-6-22(2)33(27)48-35(53)30-20-47-38(56-30)45-19-16-24-7-11-26(12-8-24)39(40,41)42/h6-8,10-12,14-15,20-21,50-51H,4-5,9,13,16-19H2,1-3H3,(H,43,52)(H,44,46)(H,45,47)(H,48,53)(H,49,54). The van der Waals surface area contributed by atoms with E-state index in [0.29, 0.717) is 105 Å². The number of alkyl halides is 3. The summed E-state index contributed by atoms with van der Waals surface area (Å²) in [4.78, 5) is 47.4. The highest BCUT2D eigenvalue weighted by molar-refractivity contribution is 7.17. The van der Waals surface area contributed by atoms with Gasteiger partial charge in [-0.1, -0.05) is 53.9 Å². The van der Waals surface area contributed by atoms with Gasteiger partial charge in [-0.25, -0.2) is 9.97 Å². The van der Waals surface area contributed by atoms with Gasteiger partial charge in [0.25, 0.3) is 11.8 Å². The van der Waals surface area contributed by atoms with Crippen LogP contribution in [0.2, 0.25) is 0 Å². The van der Waals surface area contributed by atoms with Gasteiger partial charge in [-0.2, -0.15) is 13.2 Å². The number of carbonyl (C=O) groups excluding carboxylic acids is 3. The molecule has 0 radical (unpaired) electrons. The van der Waals surface area contributed by atoms with Crippen LogP contribution in [0.3, 0.4) is 0 Å². The molecule has 0 aliphatic carbocycles. The van der Waals surface area contributed by atoms with Crippen molar-refractivity contribution in [2.24, 2.45) is 0 Å². The van der Waals surface area contributed by atoms with Crippen LogP contribution in [0.15, 0.2) is 60.9 Å². The lowest BCUT2D eigenvalue weighted by atomic mass is 9.96. The number of nitrogens with one attached hydrogen (secondary N) is 5. The fraction of sp³-hybridized carbons (Fsp3) is 0.308. The Morgan fingerprint density at radius 2 is 1.34 bits per heavy atom. The molecule has 296 valence electrons. The van der Waals surface area contributed by atoms with Crippen LogP contribution in [-0.2, 0) is 30.2 Å². The average molecular weight is 810 g/mol. The molecule has 2 aromatic heterocycles. The van der Waals surface area contributed by atoms with Crippen molar-refractivity contribution in [1.29, 1.82) is 0 Å². The molecule has 0 saturated heterocycles. The predicted molar refractivity (Wildman–Crippen MR) is 213 cm³/mol. The second-order valence-corrected chi connectivity index (χ2v) is 14.9. The third-order valence-electron chi connectivity index (χ3n) is 8.84. The van der Waals surface area contributed by atoms with Crippen LogP contribution in [0, 0.1) is 13.8 Å². The molecule has 0 fully saturated rings. The van der Waals surface area contributed by atoms with Crippen LogP contribution in [0.1, 0.15) is 72.5 Å². The second-order valence-electron chi connectivity index (χ2n) is 12.8. The summed E-state index contributed by atoms with van der Waals surface area (Å²) < 4.78 is 38.6. The zero-order valence-electron chi connectivity index (χ0n) is 30.9. The van der Waals surface area contributed by atoms with Crippen LogP contribution < -0.4 is 26.6 Å². The summed E-state index contributed by atoms with van der Waals surface area (Å²) >= 11 is 2.29. The van der Waals surface area contributed by atoms with Crippen LogP contribution in [0.5, 0.6) is 11.5 Å². The lowest BCUT2D eigenvalue weighted by Gasteiger charge is -2.18. The molecule has 0 aliphatic rings. The fourth-order valence-corrected chi connectivity index (χ4v) is 7.14. The maximum absolute atomic E-state index is 13.4. The van der Waals surface area contributed by atoms with E-state index in [2.05, 4.69) is 36.6 Å². The molecule has 3 aromatic carbocycles. The fourth-order valence-electron chi connectivity index (χ4n) is 5.66. The topological polar surface area (TPSA) is 178 Å². The van der Waals surface area contributed by atoms with Gasteiger partial charge in [0.05, 0.1) is 29.3 Å². The summed E-state index contributed by atoms with van der Waals surface area (Å²) in [5.74, 6) is -0.903. The molecule has 2 heterocycles. The largest absolute Gasteiger partial charge is 0.508 e. The first-order chi connectivity index (χ1) is 26.7. The maximum Gasteiger partial charge on any atom is 0.416 e. The lowest BCUT2D eigenvalue weighted by Crippen LogP contribution is -2.24. The SMILES string of the molecule is CCC(=O)NCCCNc1ncc(C(=O)Nc2c(CCc3c(O)ccc(C)c3NC(=O)c3cnc(NCCc4ccc(C(F)(F)F)cc4)s3)ccc(O)c2C)s1. The van der Waals surface area contributed by atoms with Crippen LogP contribution in [-0.4, -0.2) is 57.5 Å². The Labute approximate surface area is 329 Å². The van der Waals surface area contributed by atoms with E-state index < -0.39 is 23.6 Å². The summed E-state index contributed by atoms with van der Waals surface area (Å²) in [7, 11) is 0. The molecule has 0 atom stereocenters. The van der Waals surface area contributed by atoms with Gasteiger partial charge >= 0.3 is 6.18 Å². The zero-order valence-corrected chi connectivity index (χ0v) is 32.5. The normalized spacial score (nSPS) is 11.2. The van der Waals surface area contributed by atoms with Gasteiger partial charge in [0.1, 0.15) is 21.3 Å². The number of benzene rings is 3. The van der Waals surface area contributed by atoms with Crippen LogP contribution in [0.4, 0.5) is 34.8 Å². The monoisotopic (exact) mass is 809 g/mol. The van der Waals surface area contributed by atoms with Crippen LogP contribution >= 0.6 is 22.7 Å². The summed E-state index contributed by atoms with van der Waals surface area (Å²) in [6.07, 6.45) is 0.635. The number of phenolic OH excluding ortho intramolecular Hbond substituents is 2. The van der Waals surface area contributed by atoms with Crippen molar-refractivity contribution < 1.29 is 37.8 Å². The van der Waals surface area contributed by atoms with Crippen molar-refractivity contribution in [2.75, 3.05) is 40.9 Å². The molecule has 3 amide bonds. The van der Waals surface area contributed by atoms with Gasteiger partial charge < -0.3 is 36.8 Å². The van der Waals surface area contributed by atoms with E-state index in [0.717, 1.165) is 23.5 Å². The summed E-state index contributed by atoms with van der Waals surface area (Å²) in [5, 5.41) is 37.4. The highest BCUT2D eigenvalue weighted by Crippen LogP contribution is 2.35. The third kappa shape index (κ3) is 11.0. The molecule has 56 heavy (non-hydrogen) atoms. The van der Waals surface area contributed by atoms with E-state index in [1.165, 1.54) is 41.9 Å². The number of amides is 3. The number of hydrogen-bond acceptors (Lipinski definition) is 11. The number of rotatable bonds is 17. The van der Waals surface area contributed by atoms with E-state index in [1.807, 2.05) is 0 Å². The van der Waals surface area contributed by atoms with Gasteiger partial charge in [0.15, 0.2) is 10.3 Å². The minimum absolute atomic E-state index is 0.00441. The number of aryl methyl sites for hydroxylation is 2. The van der Waals surface area contributed by atoms with Crippen molar-refractivity contribution in [2.45, 2.75) is 59.1 Å². The van der Waals surface area contributed by atoms with Crippen molar-refractivity contribution in [3.63, 3.8) is 0 Å². The zero-order chi connectivity index (χ0) is 40.4. The van der Waals surface area contributed by atoms with E-state index >= 15 is 0 Å². The molecular weight excluding hydrogens is 768 g/mol. The number of carbonyl (C=O) groups is 3. The van der Waals surface area contributed by atoms with E-state index in [1.54, 1.807) is 39.0 Å². The first-order valence-corrected chi connectivity index (χ1v) is 19.4. The molecule has 5 aromatic rings. The number of phenols is 2. The lowest BCUT2D eigenvalue weighted by molar-refractivity contribution is -0.137. The van der Waals surface area contributed by atoms with Gasteiger partial charge in [-0.3, -0.25) is 14.4 Å². The first-order valence-electron chi connectivity index (χ1n) is 17.8. The molecule has 0 unspecified atom stereocenters. The summed E-state index contributed by atoms with van der Waals surface area (Å²) in [5.41, 5.74) is 3.20. The van der Waals surface area contributed by atoms with E-state index in [-0.39, 0.29) is 23.8 Å². The van der Waals surface area contributed by atoms with Gasteiger partial charge in [-0.05, 0) is 80.5 Å². The van der Waals surface area contributed by atoms with E-state index in [4.69, 9.17) is 0 Å². The second kappa shape index (κ2) is 18.8. The molecule has 12 nitrogen and oxygen atoms in total. The van der Waals surface area contributed by atoms with Crippen LogP contribution in [0.25, 0.3) is 0 Å². The smallest absolute Gasteiger partial charge is 0.416 e. The Balaban J connectivity index is 1.21. The molecule has 7 N–H and O–H groups in total. The number of anilines is 4. The Morgan fingerprint density at radius 1 is 0.732 bits per heavy atom. The minimum Gasteiger partial charge on any atom is -0.508 e. The number of hydrogen-bond donors (Lipinski definition) is 7. The van der Waals surface area contributed by atoms with E-state index in [9.17, 15) is 37.8 Å². The van der Waals surface area contributed by atoms with Crippen molar-refractivity contribution in [3.05, 3.63) is 104 Å². The average Bonchev–Trinajstić information content (AvgIpc) is 3.85. The number of halogens is 3. The Kier molecular flexibility index (Phi) is 13.9. The molecule has 0 saturated carbocycles. The van der Waals surface area contributed by atoms with Crippen molar-refractivity contribution >= 4 is 62.0 Å². The minimum atomic E-state index is -4.40. The molecule has 0 spiro atoms. The summed E-state index contributed by atoms with van der Waals surface area (Å²) in [6.45, 7) is 6.75.